The maximum atomic E-state index is 13.4. The van der Waals surface area contributed by atoms with Gasteiger partial charge in [0.2, 0.25) is 5.91 Å². The first-order chi connectivity index (χ1) is 10.1. The molecule has 1 aromatic rings. The van der Waals surface area contributed by atoms with E-state index < -0.39 is 5.41 Å². The Balaban J connectivity index is 2.74. The van der Waals surface area contributed by atoms with E-state index in [1.807, 2.05) is 24.2 Å². The van der Waals surface area contributed by atoms with Gasteiger partial charge in [0.1, 0.15) is 0 Å². The summed E-state index contributed by atoms with van der Waals surface area (Å²) in [6, 6.07) is 4.10. The largest absolute Gasteiger partial charge is 0.345 e. The number of nitrogens with zero attached hydrogens (tertiary/aromatic N) is 2. The Kier molecular flexibility index (Phi) is 4.14. The summed E-state index contributed by atoms with van der Waals surface area (Å²) in [6.45, 7) is 14.1. The van der Waals surface area contributed by atoms with E-state index in [0.29, 0.717) is 0 Å². The molecule has 2 atom stereocenters. The maximum Gasteiger partial charge on any atom is 0.230 e. The Morgan fingerprint density at radius 3 is 2.41 bits per heavy atom. The minimum atomic E-state index is -0.424. The molecule has 122 valence electrons. The van der Waals surface area contributed by atoms with Gasteiger partial charge in [0.15, 0.2) is 0 Å². The lowest BCUT2D eigenvalue weighted by atomic mass is 9.47. The van der Waals surface area contributed by atoms with E-state index in [0.717, 1.165) is 13.0 Å². The van der Waals surface area contributed by atoms with Crippen molar-refractivity contribution < 1.29 is 4.79 Å². The van der Waals surface area contributed by atoms with Crippen LogP contribution < -0.4 is 0 Å². The van der Waals surface area contributed by atoms with Gasteiger partial charge in [-0.25, -0.2) is 0 Å². The number of amides is 1. The molecular weight excluding hydrogens is 272 g/mol. The molecule has 22 heavy (non-hydrogen) atoms. The highest BCUT2D eigenvalue weighted by atomic mass is 16.2. The smallest absolute Gasteiger partial charge is 0.230 e. The third-order valence-corrected chi connectivity index (χ3v) is 5.88. The summed E-state index contributed by atoms with van der Waals surface area (Å²) in [5, 5.41) is 0. The van der Waals surface area contributed by atoms with Crippen molar-refractivity contribution in [1.29, 1.82) is 0 Å². The van der Waals surface area contributed by atoms with Crippen molar-refractivity contribution in [3.05, 3.63) is 30.1 Å². The fourth-order valence-electron chi connectivity index (χ4n) is 4.78. The number of hydrogen-bond donors (Lipinski definition) is 0. The molecule has 3 heteroatoms. The number of hydrogen-bond acceptors (Lipinski definition) is 2. The van der Waals surface area contributed by atoms with E-state index in [-0.39, 0.29) is 22.7 Å². The lowest BCUT2D eigenvalue weighted by Gasteiger charge is -2.54. The van der Waals surface area contributed by atoms with E-state index >= 15 is 0 Å². The molecule has 0 aliphatic carbocycles. The lowest BCUT2D eigenvalue weighted by Crippen LogP contribution is -2.55. The van der Waals surface area contributed by atoms with Crippen LogP contribution in [0.2, 0.25) is 0 Å². The average molecular weight is 302 g/mol. The molecule has 0 spiro atoms. The van der Waals surface area contributed by atoms with E-state index in [1.165, 1.54) is 5.56 Å². The maximum absolute atomic E-state index is 13.4. The SMILES string of the molecule is CCC(C)(C)[C@@]1(C(C)(C)C)C(=O)N(C)C[C@@H]1c1cccnc1. The van der Waals surface area contributed by atoms with Crippen LogP contribution in [-0.2, 0) is 4.79 Å². The lowest BCUT2D eigenvalue weighted by molar-refractivity contribution is -0.153. The van der Waals surface area contributed by atoms with Crippen LogP contribution in [0.5, 0.6) is 0 Å². The van der Waals surface area contributed by atoms with Gasteiger partial charge in [-0.1, -0.05) is 47.6 Å². The fraction of sp³-hybridized carbons (Fsp3) is 0.684. The fourth-order valence-corrected chi connectivity index (χ4v) is 4.78. The van der Waals surface area contributed by atoms with Crippen molar-refractivity contribution in [3.8, 4) is 0 Å². The second kappa shape index (κ2) is 5.36. The predicted molar refractivity (Wildman–Crippen MR) is 90.6 cm³/mol. The molecule has 1 fully saturated rings. The number of carbonyl (C=O) groups is 1. The topological polar surface area (TPSA) is 33.2 Å². The van der Waals surface area contributed by atoms with Gasteiger partial charge in [-0.2, -0.15) is 0 Å². The predicted octanol–water partition coefficient (Wildman–Crippen LogP) is 4.11. The summed E-state index contributed by atoms with van der Waals surface area (Å²) < 4.78 is 0. The van der Waals surface area contributed by atoms with Crippen molar-refractivity contribution in [2.75, 3.05) is 13.6 Å². The highest BCUT2D eigenvalue weighted by Gasteiger charge is 2.66. The van der Waals surface area contributed by atoms with Crippen LogP contribution in [0.3, 0.4) is 0 Å². The first-order valence-corrected chi connectivity index (χ1v) is 8.25. The summed E-state index contributed by atoms with van der Waals surface area (Å²) in [5.74, 6) is 0.453. The molecule has 0 saturated carbocycles. The van der Waals surface area contributed by atoms with Crippen LogP contribution in [0.4, 0.5) is 0 Å². The Morgan fingerprint density at radius 2 is 1.95 bits per heavy atom. The number of likely N-dealkylation sites (N-methyl/N-ethyl adjacent to an activating group) is 1. The first kappa shape index (κ1) is 17.0. The van der Waals surface area contributed by atoms with Crippen molar-refractivity contribution in [1.82, 2.24) is 9.88 Å². The van der Waals surface area contributed by atoms with Crippen LogP contribution >= 0.6 is 0 Å². The van der Waals surface area contributed by atoms with E-state index in [2.05, 4.69) is 52.6 Å². The molecule has 0 bridgehead atoms. The molecule has 1 amide bonds. The summed E-state index contributed by atoms with van der Waals surface area (Å²) in [4.78, 5) is 19.6. The number of likely N-dealkylation sites (tertiary alicyclic amines) is 1. The standard InChI is InChI=1S/C19H30N2O/c1-8-18(5,6)19(17(2,3)4)15(13-21(7)16(19)22)14-10-9-11-20-12-14/h9-12,15H,8,13H2,1-7H3/t15-,19-/m1/s1. The molecule has 1 aliphatic heterocycles. The van der Waals surface area contributed by atoms with Crippen molar-refractivity contribution in [2.45, 2.75) is 53.9 Å². The molecular formula is C19H30N2O. The van der Waals surface area contributed by atoms with Gasteiger partial charge in [-0.05, 0) is 28.9 Å². The van der Waals surface area contributed by atoms with Gasteiger partial charge in [0.25, 0.3) is 0 Å². The van der Waals surface area contributed by atoms with Gasteiger partial charge >= 0.3 is 0 Å². The molecule has 0 radical (unpaired) electrons. The van der Waals surface area contributed by atoms with Crippen LogP contribution in [0, 0.1) is 16.2 Å². The summed E-state index contributed by atoms with van der Waals surface area (Å²) in [5.41, 5.74) is 0.534. The number of pyridine rings is 1. The minimum absolute atomic E-state index is 0.0897. The molecule has 1 saturated heterocycles. The van der Waals surface area contributed by atoms with E-state index in [1.54, 1.807) is 6.20 Å². The molecule has 0 unspecified atom stereocenters. The normalized spacial score (nSPS) is 26.6. The third-order valence-electron chi connectivity index (χ3n) is 5.88. The Morgan fingerprint density at radius 1 is 1.32 bits per heavy atom. The second-order valence-electron chi connectivity index (χ2n) is 8.32. The molecule has 2 rings (SSSR count). The van der Waals surface area contributed by atoms with E-state index in [9.17, 15) is 4.79 Å². The minimum Gasteiger partial charge on any atom is -0.345 e. The van der Waals surface area contributed by atoms with Gasteiger partial charge < -0.3 is 4.90 Å². The highest BCUT2D eigenvalue weighted by molar-refractivity contribution is 5.88. The zero-order valence-electron chi connectivity index (χ0n) is 15.1. The molecule has 1 aromatic heterocycles. The monoisotopic (exact) mass is 302 g/mol. The zero-order valence-corrected chi connectivity index (χ0v) is 15.1. The van der Waals surface area contributed by atoms with Crippen LogP contribution in [0.25, 0.3) is 0 Å². The van der Waals surface area contributed by atoms with Crippen molar-refractivity contribution >= 4 is 5.91 Å². The molecule has 2 heterocycles. The molecule has 0 N–H and O–H groups in total. The van der Waals surface area contributed by atoms with Gasteiger partial charge in [0, 0.05) is 31.9 Å². The van der Waals surface area contributed by atoms with Crippen molar-refractivity contribution in [2.24, 2.45) is 16.2 Å². The van der Waals surface area contributed by atoms with E-state index in [4.69, 9.17) is 0 Å². The summed E-state index contributed by atoms with van der Waals surface area (Å²) in [6.07, 6.45) is 4.71. The zero-order chi connectivity index (χ0) is 16.8. The quantitative estimate of drug-likeness (QED) is 0.842. The summed E-state index contributed by atoms with van der Waals surface area (Å²) in [7, 11) is 1.94. The highest BCUT2D eigenvalue weighted by Crippen LogP contribution is 2.64. The molecule has 0 aromatic carbocycles. The van der Waals surface area contributed by atoms with Gasteiger partial charge in [-0.3, -0.25) is 9.78 Å². The number of aromatic nitrogens is 1. The number of carbonyl (C=O) groups excluding carboxylic acids is 1. The van der Waals surface area contributed by atoms with Crippen LogP contribution in [0.15, 0.2) is 24.5 Å². The first-order valence-electron chi connectivity index (χ1n) is 8.25. The van der Waals surface area contributed by atoms with Gasteiger partial charge in [0.05, 0.1) is 5.41 Å². The summed E-state index contributed by atoms with van der Waals surface area (Å²) >= 11 is 0. The third kappa shape index (κ3) is 2.17. The second-order valence-corrected chi connectivity index (χ2v) is 8.32. The Labute approximate surface area is 135 Å². The van der Waals surface area contributed by atoms with Crippen molar-refractivity contribution in [3.63, 3.8) is 0 Å². The molecule has 1 aliphatic rings. The van der Waals surface area contributed by atoms with Gasteiger partial charge in [-0.15, -0.1) is 0 Å². The molecule has 3 nitrogen and oxygen atoms in total. The Hall–Kier alpha value is -1.38. The number of rotatable bonds is 3. The average Bonchev–Trinajstić information content (AvgIpc) is 2.73. The Bertz CT molecular complexity index is 544. The van der Waals surface area contributed by atoms with Crippen LogP contribution in [-0.4, -0.2) is 29.4 Å². The van der Waals surface area contributed by atoms with Crippen LogP contribution in [0.1, 0.15) is 59.4 Å².